The lowest BCUT2D eigenvalue weighted by Gasteiger charge is -2.22. The molecule has 0 fully saturated rings. The third-order valence-corrected chi connectivity index (χ3v) is 7.51. The number of hydrogen-bond donors (Lipinski definition) is 1. The molecule has 0 saturated heterocycles. The van der Waals surface area contributed by atoms with Gasteiger partial charge in [0.2, 0.25) is 16.0 Å². The lowest BCUT2D eigenvalue weighted by Crippen LogP contribution is -2.33. The summed E-state index contributed by atoms with van der Waals surface area (Å²) in [6.07, 6.45) is 2.61. The molecule has 3 aromatic heterocycles. The van der Waals surface area contributed by atoms with Gasteiger partial charge in [0, 0.05) is 25.7 Å². The van der Waals surface area contributed by atoms with Crippen LogP contribution >= 0.6 is 11.6 Å². The smallest absolute Gasteiger partial charge is 0.333 e. The fraction of sp³-hybridized carbons (Fsp3) is 0.318. The average Bonchev–Trinajstić information content (AvgIpc) is 3.56. The van der Waals surface area contributed by atoms with Crippen molar-refractivity contribution in [1.29, 1.82) is 0 Å². The number of methoxy groups -OCH3 is 3. The molecule has 0 radical (unpaired) electrons. The number of benzene rings is 1. The van der Waals surface area contributed by atoms with Gasteiger partial charge in [0.1, 0.15) is 34.2 Å². The fourth-order valence-electron chi connectivity index (χ4n) is 3.71. The van der Waals surface area contributed by atoms with E-state index in [0.717, 1.165) is 6.20 Å². The Morgan fingerprint density at radius 3 is 2.21 bits per heavy atom. The van der Waals surface area contributed by atoms with E-state index in [9.17, 15) is 17.2 Å². The second kappa shape index (κ2) is 11.5. The molecule has 39 heavy (non-hydrogen) atoms. The number of aromatic nitrogens is 7. The van der Waals surface area contributed by atoms with Gasteiger partial charge in [-0.1, -0.05) is 17.7 Å². The van der Waals surface area contributed by atoms with Crippen molar-refractivity contribution in [3.8, 4) is 28.7 Å². The van der Waals surface area contributed by atoms with Crippen LogP contribution in [0.5, 0.6) is 11.5 Å². The predicted molar refractivity (Wildman–Crippen MR) is 136 cm³/mol. The molecule has 3 heterocycles. The number of nitrogens with one attached hydrogen (secondary N) is 1. The second-order valence-electron chi connectivity index (χ2n) is 7.92. The molecule has 1 aromatic carbocycles. The number of para-hydroxylation sites is 1. The molecule has 1 N–H and O–H groups in total. The van der Waals surface area contributed by atoms with Gasteiger partial charge >= 0.3 is 6.55 Å². The van der Waals surface area contributed by atoms with Crippen LogP contribution in [0.3, 0.4) is 0 Å². The summed E-state index contributed by atoms with van der Waals surface area (Å²) < 4.78 is 74.0. The number of alkyl halides is 2. The topological polar surface area (TPSA) is 148 Å². The van der Waals surface area contributed by atoms with E-state index in [2.05, 4.69) is 30.0 Å². The Bertz CT molecular complexity index is 1530. The van der Waals surface area contributed by atoms with Crippen molar-refractivity contribution in [2.24, 2.45) is 0 Å². The zero-order valence-corrected chi connectivity index (χ0v) is 22.6. The SMILES string of the molecule is COc1cccc(OC)c1-n1c(NS(=O)(=O)[C@@H](C)[C@H](OC)c2ncc(Cl)cn2)nnc1-c1ccn(C(F)F)n1. The van der Waals surface area contributed by atoms with Crippen molar-refractivity contribution in [2.45, 2.75) is 24.8 Å². The maximum Gasteiger partial charge on any atom is 0.333 e. The monoisotopic (exact) mass is 584 g/mol. The standard InChI is InChI=1S/C22H23ClF2N8O5S/c1-12(18(38-4)19-26-10-13(23)11-27-19)39(34,35)31-22-29-28-20(14-8-9-32(30-14)21(24)25)33(22)17-15(36-2)6-5-7-16(17)37-3/h5-12,18,21H,1-4H3,(H,29,31)/t12-,18-/m0/s1. The summed E-state index contributed by atoms with van der Waals surface area (Å²) in [4.78, 5) is 8.13. The number of ether oxygens (including phenoxy) is 3. The number of rotatable bonds is 11. The Hall–Kier alpha value is -3.89. The minimum Gasteiger partial charge on any atom is -0.494 e. The van der Waals surface area contributed by atoms with Crippen LogP contribution in [0, 0.1) is 0 Å². The van der Waals surface area contributed by atoms with Gasteiger partial charge in [-0.15, -0.1) is 10.2 Å². The summed E-state index contributed by atoms with van der Waals surface area (Å²) in [6.45, 7) is -1.51. The van der Waals surface area contributed by atoms with Crippen LogP contribution in [0.25, 0.3) is 17.2 Å². The van der Waals surface area contributed by atoms with Crippen LogP contribution in [0.4, 0.5) is 14.7 Å². The summed E-state index contributed by atoms with van der Waals surface area (Å²) in [6, 6.07) is 6.13. The summed E-state index contributed by atoms with van der Waals surface area (Å²) in [7, 11) is -0.159. The number of hydrogen-bond acceptors (Lipinski definition) is 10. The number of sulfonamides is 1. The van der Waals surface area contributed by atoms with Gasteiger partial charge in [-0.05, 0) is 25.1 Å². The zero-order valence-electron chi connectivity index (χ0n) is 21.0. The molecule has 0 aliphatic rings. The van der Waals surface area contributed by atoms with E-state index in [4.69, 9.17) is 25.8 Å². The molecule has 4 rings (SSSR count). The Morgan fingerprint density at radius 2 is 1.67 bits per heavy atom. The molecule has 17 heteroatoms. The first kappa shape index (κ1) is 28.1. The average molecular weight is 585 g/mol. The molecule has 0 aliphatic carbocycles. The molecule has 0 unspecified atom stereocenters. The lowest BCUT2D eigenvalue weighted by molar-refractivity contribution is 0.0568. The van der Waals surface area contributed by atoms with Gasteiger partial charge in [0.05, 0.1) is 19.2 Å². The van der Waals surface area contributed by atoms with Gasteiger partial charge in [-0.2, -0.15) is 13.9 Å². The molecule has 0 bridgehead atoms. The summed E-state index contributed by atoms with van der Waals surface area (Å²) in [5, 5.41) is 10.9. The van der Waals surface area contributed by atoms with Gasteiger partial charge in [0.25, 0.3) is 0 Å². The number of nitrogens with zero attached hydrogens (tertiary/aromatic N) is 7. The minimum atomic E-state index is -4.27. The summed E-state index contributed by atoms with van der Waals surface area (Å²) >= 11 is 5.85. The highest BCUT2D eigenvalue weighted by Gasteiger charge is 2.35. The normalized spacial score (nSPS) is 13.3. The van der Waals surface area contributed by atoms with Crippen molar-refractivity contribution in [1.82, 2.24) is 34.5 Å². The molecular formula is C22H23ClF2N8O5S. The van der Waals surface area contributed by atoms with E-state index in [1.165, 1.54) is 51.3 Å². The van der Waals surface area contributed by atoms with Crippen LogP contribution in [0.2, 0.25) is 5.02 Å². The second-order valence-corrected chi connectivity index (χ2v) is 10.4. The van der Waals surface area contributed by atoms with Crippen LogP contribution < -0.4 is 14.2 Å². The maximum absolute atomic E-state index is 13.5. The van der Waals surface area contributed by atoms with E-state index in [0.29, 0.717) is 4.68 Å². The quantitative estimate of drug-likeness (QED) is 0.277. The molecule has 2 atom stereocenters. The summed E-state index contributed by atoms with van der Waals surface area (Å²) in [5.74, 6) is 0.235. The first-order valence-corrected chi connectivity index (χ1v) is 13.1. The fourth-order valence-corrected chi connectivity index (χ4v) is 4.93. The van der Waals surface area contributed by atoms with Crippen LogP contribution in [0.15, 0.2) is 42.9 Å². The highest BCUT2D eigenvalue weighted by molar-refractivity contribution is 7.93. The maximum atomic E-state index is 13.5. The van der Waals surface area contributed by atoms with Crippen LogP contribution in [-0.2, 0) is 14.8 Å². The Morgan fingerprint density at radius 1 is 1.03 bits per heavy atom. The Labute approximate surface area is 226 Å². The van der Waals surface area contributed by atoms with Crippen LogP contribution in [0.1, 0.15) is 25.4 Å². The molecular weight excluding hydrogens is 562 g/mol. The van der Waals surface area contributed by atoms with Crippen molar-refractivity contribution in [3.63, 3.8) is 0 Å². The van der Waals surface area contributed by atoms with E-state index in [-0.39, 0.29) is 45.5 Å². The molecule has 4 aromatic rings. The number of anilines is 1. The summed E-state index contributed by atoms with van der Waals surface area (Å²) in [5.41, 5.74) is 0.183. The zero-order chi connectivity index (χ0) is 28.3. The Kier molecular flexibility index (Phi) is 8.27. The van der Waals surface area contributed by atoms with Gasteiger partial charge in [-0.3, -0.25) is 9.29 Å². The van der Waals surface area contributed by atoms with Crippen molar-refractivity contribution in [3.05, 3.63) is 53.7 Å². The highest BCUT2D eigenvalue weighted by Crippen LogP contribution is 2.38. The van der Waals surface area contributed by atoms with Crippen molar-refractivity contribution < 1.29 is 31.4 Å². The van der Waals surface area contributed by atoms with Crippen molar-refractivity contribution in [2.75, 3.05) is 26.1 Å². The van der Waals surface area contributed by atoms with Crippen LogP contribution in [-0.4, -0.2) is 69.5 Å². The van der Waals surface area contributed by atoms with E-state index in [1.54, 1.807) is 18.2 Å². The van der Waals surface area contributed by atoms with Gasteiger partial charge in [0.15, 0.2) is 11.6 Å². The third-order valence-electron chi connectivity index (χ3n) is 5.62. The predicted octanol–water partition coefficient (Wildman–Crippen LogP) is 3.50. The minimum absolute atomic E-state index is 0.0152. The highest BCUT2D eigenvalue weighted by atomic mass is 35.5. The van der Waals surface area contributed by atoms with E-state index in [1.807, 2.05) is 0 Å². The molecule has 0 saturated carbocycles. The van der Waals surface area contributed by atoms with E-state index < -0.39 is 27.9 Å². The van der Waals surface area contributed by atoms with Crippen molar-refractivity contribution >= 4 is 27.6 Å². The first-order chi connectivity index (χ1) is 18.6. The molecule has 13 nitrogen and oxygen atoms in total. The molecule has 208 valence electrons. The van der Waals surface area contributed by atoms with E-state index >= 15 is 0 Å². The van der Waals surface area contributed by atoms with Gasteiger partial charge < -0.3 is 14.2 Å². The molecule has 0 aliphatic heterocycles. The largest absolute Gasteiger partial charge is 0.494 e. The first-order valence-electron chi connectivity index (χ1n) is 11.1. The molecule has 0 spiro atoms. The van der Waals surface area contributed by atoms with Gasteiger partial charge in [-0.25, -0.2) is 23.1 Å². The number of halogens is 3. The third kappa shape index (κ3) is 5.62. The lowest BCUT2D eigenvalue weighted by atomic mass is 10.2. The molecule has 0 amide bonds. The Balaban J connectivity index is 1.84.